The average molecular weight is 1090 g/mol. The lowest BCUT2D eigenvalue weighted by atomic mass is 9.56. The van der Waals surface area contributed by atoms with Crippen molar-refractivity contribution < 1.29 is 28.0 Å². The molecule has 5 rings (SSSR count). The molecule has 0 fully saturated rings. The van der Waals surface area contributed by atoms with E-state index < -0.39 is 34.9 Å². The van der Waals surface area contributed by atoms with Gasteiger partial charge in [-0.25, -0.2) is 28.5 Å². The Kier molecular flexibility index (Phi) is 24.8. The first kappa shape index (κ1) is 63.0. The van der Waals surface area contributed by atoms with E-state index in [0.29, 0.717) is 21.2 Å². The Labute approximate surface area is 469 Å². The number of hydrogen-bond donors (Lipinski definition) is 0. The van der Waals surface area contributed by atoms with E-state index in [2.05, 4.69) is 83.1 Å². The largest absolute Gasteiger partial charge is 0.363 e. The fourth-order valence-corrected chi connectivity index (χ4v) is 13.8. The molecular weight excluding hydrogens is 994 g/mol. The van der Waals surface area contributed by atoms with Crippen LogP contribution in [0.15, 0.2) is 84.2 Å². The number of hydroxylamine groups is 4. The van der Waals surface area contributed by atoms with Crippen molar-refractivity contribution >= 4 is 35.1 Å². The van der Waals surface area contributed by atoms with Gasteiger partial charge in [0.15, 0.2) is 0 Å². The van der Waals surface area contributed by atoms with Crippen molar-refractivity contribution in [3.63, 3.8) is 0 Å². The van der Waals surface area contributed by atoms with Crippen LogP contribution in [0.4, 0.5) is 8.78 Å². The third-order valence-electron chi connectivity index (χ3n) is 18.7. The minimum Gasteiger partial charge on any atom is -0.336 e. The summed E-state index contributed by atoms with van der Waals surface area (Å²) in [5.74, 6) is -2.55. The molecule has 2 heterocycles. The van der Waals surface area contributed by atoms with Gasteiger partial charge in [-0.05, 0) is 111 Å². The molecule has 10 heteroatoms. The van der Waals surface area contributed by atoms with Crippen LogP contribution in [0.3, 0.4) is 0 Å². The molecule has 6 nitrogen and oxygen atoms in total. The van der Waals surface area contributed by atoms with Gasteiger partial charge in [-0.15, -0.1) is 0 Å². The van der Waals surface area contributed by atoms with Crippen LogP contribution < -0.4 is 0 Å². The summed E-state index contributed by atoms with van der Waals surface area (Å²) in [6.07, 6.45) is 24.2. The highest BCUT2D eigenvalue weighted by molar-refractivity contribution is 6.31. The topological polar surface area (TPSA) is 59.1 Å². The Morgan fingerprint density at radius 1 is 0.526 bits per heavy atom. The molecular formula is C66H96Cl2F2N2O4. The Hall–Kier alpha value is -3.88. The van der Waals surface area contributed by atoms with Crippen molar-refractivity contribution in [3.8, 4) is 0 Å². The fraction of sp³-hybridized carbons (Fsp3) is 0.636. The molecule has 10 atom stereocenters. The van der Waals surface area contributed by atoms with Crippen molar-refractivity contribution in [2.45, 2.75) is 235 Å². The summed E-state index contributed by atoms with van der Waals surface area (Å²) in [5.41, 5.74) is 1.86. The molecule has 0 aromatic heterocycles. The summed E-state index contributed by atoms with van der Waals surface area (Å²) >= 11 is 14.2. The maximum Gasteiger partial charge on any atom is 0.363 e. The molecule has 3 aromatic carbocycles. The van der Waals surface area contributed by atoms with Crippen molar-refractivity contribution in [2.24, 2.45) is 34.5 Å². The Balaban J connectivity index is 1.62. The van der Waals surface area contributed by atoms with E-state index in [1.54, 1.807) is 58.7 Å². The van der Waals surface area contributed by atoms with Crippen LogP contribution >= 0.6 is 23.2 Å². The van der Waals surface area contributed by atoms with Gasteiger partial charge in [0.2, 0.25) is 0 Å². The summed E-state index contributed by atoms with van der Waals surface area (Å²) in [6.45, 7) is 26.3. The van der Waals surface area contributed by atoms with E-state index in [1.807, 2.05) is 12.4 Å². The molecule has 0 saturated heterocycles. The lowest BCUT2D eigenvalue weighted by molar-refractivity contribution is -0.150. The summed E-state index contributed by atoms with van der Waals surface area (Å²) in [5, 5.41) is 4.19. The van der Waals surface area contributed by atoms with E-state index in [4.69, 9.17) is 32.9 Å². The van der Waals surface area contributed by atoms with Gasteiger partial charge >= 0.3 is 11.9 Å². The summed E-state index contributed by atoms with van der Waals surface area (Å²) in [6, 6.07) is 15.8. The van der Waals surface area contributed by atoms with Gasteiger partial charge < -0.3 is 9.68 Å². The number of hydrogen-bond acceptors (Lipinski definition) is 6. The summed E-state index contributed by atoms with van der Waals surface area (Å²) in [4.78, 5) is 43.3. The van der Waals surface area contributed by atoms with Crippen LogP contribution in [0.5, 0.6) is 0 Å². The number of carbonyl (C=O) groups is 2. The monoisotopic (exact) mass is 1090 g/mol. The molecule has 0 aliphatic carbocycles. The predicted octanol–water partition coefficient (Wildman–Crippen LogP) is 20.6. The SMILES string of the molecule is CCCCCCC(C)C1(C)C(c2c(F)cccc2Cl)C(C(CC)CCCCC)=CN(OC(=O)c2ccccc2C(=O)ON2C=C(C(CC)CCCCC)C(c3c(F)cccc3Cl)C(C)(C(C)CCCCCC)C2C)C1C. The van der Waals surface area contributed by atoms with E-state index >= 15 is 18.4 Å². The van der Waals surface area contributed by atoms with Gasteiger partial charge in [-0.2, -0.15) is 0 Å². The smallest absolute Gasteiger partial charge is 0.336 e. The number of nitrogens with zero attached hydrogens (tertiary/aromatic N) is 2. The second-order valence-corrected chi connectivity index (χ2v) is 24.0. The van der Waals surface area contributed by atoms with Crippen molar-refractivity contribution in [1.29, 1.82) is 0 Å². The van der Waals surface area contributed by atoms with Gasteiger partial charge in [0.05, 0.1) is 23.2 Å². The van der Waals surface area contributed by atoms with Crippen LogP contribution in [-0.2, 0) is 9.68 Å². The van der Waals surface area contributed by atoms with E-state index in [-0.39, 0.29) is 58.3 Å². The molecule has 2 aliphatic heterocycles. The molecule has 0 amide bonds. The normalized spacial score (nSPS) is 23.4. The number of benzene rings is 3. The summed E-state index contributed by atoms with van der Waals surface area (Å²) in [7, 11) is 0. The lowest BCUT2D eigenvalue weighted by Gasteiger charge is -2.55. The van der Waals surface area contributed by atoms with Gasteiger partial charge in [-0.1, -0.05) is 219 Å². The quantitative estimate of drug-likeness (QED) is 0.0620. The van der Waals surface area contributed by atoms with Crippen LogP contribution in [0.2, 0.25) is 10.0 Å². The molecule has 3 aromatic rings. The Bertz CT molecular complexity index is 2190. The number of unbranched alkanes of at least 4 members (excludes halogenated alkanes) is 10. The van der Waals surface area contributed by atoms with Crippen LogP contribution in [0.1, 0.15) is 255 Å². The highest BCUT2D eigenvalue weighted by atomic mass is 35.5. The van der Waals surface area contributed by atoms with Crippen molar-refractivity contribution in [3.05, 3.63) is 128 Å². The average Bonchev–Trinajstić information content (AvgIpc) is 3.43. The predicted molar refractivity (Wildman–Crippen MR) is 312 cm³/mol. The third-order valence-corrected chi connectivity index (χ3v) is 19.4. The minimum atomic E-state index is -0.695. The standard InChI is InChI=1S/C66H96Cl2F2N2O4/c1-13-19-23-27-33-45(7)65(11)47(9)71(43-53(49(17-5)35-25-21-15-3)61(65)59-55(67)39-31-41-57(59)69)75-63(73)51-37-29-30-38-52(51)64(74)76-72-44-54(50(18-6)36-26-22-16-4)62(60-56(68)40-32-42-58(60)70)66(12,48(72)10)46(8)34-28-24-20-14-2/h29-32,37-50,61-62H,13-28,33-36H2,1-12H3. The summed E-state index contributed by atoms with van der Waals surface area (Å²) < 4.78 is 33.1. The highest BCUT2D eigenvalue weighted by Crippen LogP contribution is 2.60. The number of rotatable bonds is 30. The Morgan fingerprint density at radius 3 is 1.20 bits per heavy atom. The van der Waals surface area contributed by atoms with Gasteiger partial charge in [0, 0.05) is 56.2 Å². The molecule has 0 radical (unpaired) electrons. The maximum atomic E-state index is 16.6. The van der Waals surface area contributed by atoms with Gasteiger partial charge in [0.1, 0.15) is 11.6 Å². The first-order chi connectivity index (χ1) is 36.4. The zero-order valence-corrected chi connectivity index (χ0v) is 50.2. The van der Waals surface area contributed by atoms with E-state index in [1.165, 1.54) is 12.1 Å². The van der Waals surface area contributed by atoms with Gasteiger partial charge in [0.25, 0.3) is 0 Å². The number of halogens is 4. The number of carbonyl (C=O) groups excluding carboxylic acids is 2. The fourth-order valence-electron chi connectivity index (χ4n) is 13.2. The molecule has 76 heavy (non-hydrogen) atoms. The van der Waals surface area contributed by atoms with Crippen molar-refractivity contribution in [2.75, 3.05) is 0 Å². The molecule has 0 spiro atoms. The van der Waals surface area contributed by atoms with Crippen LogP contribution in [0, 0.1) is 46.1 Å². The maximum absolute atomic E-state index is 16.6. The molecule has 0 N–H and O–H groups in total. The zero-order valence-electron chi connectivity index (χ0n) is 48.7. The minimum absolute atomic E-state index is 0.0667. The van der Waals surface area contributed by atoms with Crippen molar-refractivity contribution in [1.82, 2.24) is 10.1 Å². The van der Waals surface area contributed by atoms with E-state index in [9.17, 15) is 0 Å². The second kappa shape index (κ2) is 29.9. The number of allylic oxidation sites excluding steroid dienone is 2. The van der Waals surface area contributed by atoms with Gasteiger partial charge in [-0.3, -0.25) is 0 Å². The van der Waals surface area contributed by atoms with Crippen LogP contribution in [-0.4, -0.2) is 34.1 Å². The molecule has 0 saturated carbocycles. The molecule has 10 unspecified atom stereocenters. The second-order valence-electron chi connectivity index (χ2n) is 23.2. The zero-order chi connectivity index (χ0) is 55.7. The first-order valence-corrected chi connectivity index (χ1v) is 30.6. The van der Waals surface area contributed by atoms with Crippen LogP contribution in [0.25, 0.3) is 0 Å². The highest BCUT2D eigenvalue weighted by Gasteiger charge is 2.55. The Morgan fingerprint density at radius 2 is 0.868 bits per heavy atom. The third kappa shape index (κ3) is 14.3. The molecule has 0 bridgehead atoms. The first-order valence-electron chi connectivity index (χ1n) is 29.8. The van der Waals surface area contributed by atoms with E-state index in [0.717, 1.165) is 140 Å². The lowest BCUT2D eigenvalue weighted by Crippen LogP contribution is -2.54. The molecule has 422 valence electrons. The molecule has 2 aliphatic rings.